The van der Waals surface area contributed by atoms with Crippen molar-refractivity contribution in [3.05, 3.63) is 46.6 Å². The molecule has 0 spiro atoms. The highest BCUT2D eigenvalue weighted by molar-refractivity contribution is 6.01. The standard InChI is InChI=1S/C19H22O/c1-12-3-5-16-15(12)7-8-18-17(16)6-4-13-11-14(20)9-10-19(13,18)2/h5,9-12,15H,3-4,6-8H2,1-2H3. The third-order valence-corrected chi connectivity index (χ3v) is 6.05. The van der Waals surface area contributed by atoms with E-state index >= 15 is 0 Å². The second kappa shape index (κ2) is 4.07. The highest BCUT2D eigenvalue weighted by Crippen LogP contribution is 2.56. The number of allylic oxidation sites excluding steroid dienone is 8. The first kappa shape index (κ1) is 12.4. The average Bonchev–Trinajstić information content (AvgIpc) is 2.82. The quantitative estimate of drug-likeness (QED) is 0.630. The van der Waals surface area contributed by atoms with Gasteiger partial charge in [0.25, 0.3) is 0 Å². The Labute approximate surface area is 121 Å². The van der Waals surface area contributed by atoms with Crippen molar-refractivity contribution >= 4 is 5.78 Å². The Morgan fingerprint density at radius 1 is 1.25 bits per heavy atom. The van der Waals surface area contributed by atoms with Gasteiger partial charge in [0.2, 0.25) is 0 Å². The number of carbonyl (C=O) groups is 1. The van der Waals surface area contributed by atoms with Gasteiger partial charge in [0.05, 0.1) is 0 Å². The Bertz CT molecular complexity index is 614. The SMILES string of the molecule is CC1CC=C2C3=C(CCC21)C1(C)C=CC(=O)C=C1CC3. The van der Waals surface area contributed by atoms with E-state index in [-0.39, 0.29) is 11.2 Å². The van der Waals surface area contributed by atoms with Gasteiger partial charge < -0.3 is 0 Å². The first-order chi connectivity index (χ1) is 9.59. The fourth-order valence-corrected chi connectivity index (χ4v) is 4.83. The van der Waals surface area contributed by atoms with Crippen LogP contribution in [0, 0.1) is 17.3 Å². The Hall–Kier alpha value is -1.37. The van der Waals surface area contributed by atoms with E-state index < -0.39 is 0 Å². The highest BCUT2D eigenvalue weighted by Gasteiger charge is 2.43. The van der Waals surface area contributed by atoms with Crippen molar-refractivity contribution in [2.24, 2.45) is 17.3 Å². The fraction of sp³-hybridized carbons (Fsp3) is 0.526. The van der Waals surface area contributed by atoms with Gasteiger partial charge in [0.1, 0.15) is 0 Å². The maximum atomic E-state index is 11.7. The number of carbonyl (C=O) groups excluding carboxylic acids is 1. The summed E-state index contributed by atoms with van der Waals surface area (Å²) in [6.07, 6.45) is 14.3. The van der Waals surface area contributed by atoms with Crippen LogP contribution in [0.25, 0.3) is 0 Å². The van der Waals surface area contributed by atoms with E-state index in [1.54, 1.807) is 22.8 Å². The number of ketones is 1. The Kier molecular flexibility index (Phi) is 2.52. The molecule has 0 saturated heterocycles. The molecule has 20 heavy (non-hydrogen) atoms. The molecule has 0 aromatic rings. The van der Waals surface area contributed by atoms with E-state index in [0.717, 1.165) is 24.7 Å². The van der Waals surface area contributed by atoms with Gasteiger partial charge in [-0.1, -0.05) is 30.2 Å². The van der Waals surface area contributed by atoms with Crippen LogP contribution in [0.1, 0.15) is 46.0 Å². The minimum absolute atomic E-state index is 0.0269. The van der Waals surface area contributed by atoms with Crippen molar-refractivity contribution in [3.63, 3.8) is 0 Å². The summed E-state index contributed by atoms with van der Waals surface area (Å²) in [4.78, 5) is 11.7. The summed E-state index contributed by atoms with van der Waals surface area (Å²) in [5.74, 6) is 1.80. The Morgan fingerprint density at radius 3 is 2.95 bits per heavy atom. The van der Waals surface area contributed by atoms with Gasteiger partial charge in [0, 0.05) is 5.41 Å². The van der Waals surface area contributed by atoms with E-state index in [4.69, 9.17) is 0 Å². The van der Waals surface area contributed by atoms with Gasteiger partial charge in [-0.2, -0.15) is 0 Å². The maximum absolute atomic E-state index is 11.7. The second-order valence-electron chi connectivity index (χ2n) is 7.08. The zero-order valence-electron chi connectivity index (χ0n) is 12.4. The van der Waals surface area contributed by atoms with E-state index in [1.165, 1.54) is 24.8 Å². The first-order valence-electron chi connectivity index (χ1n) is 7.97. The lowest BCUT2D eigenvalue weighted by Gasteiger charge is -2.44. The smallest absolute Gasteiger partial charge is 0.178 e. The van der Waals surface area contributed by atoms with Crippen molar-refractivity contribution in [1.82, 2.24) is 0 Å². The van der Waals surface area contributed by atoms with E-state index in [2.05, 4.69) is 26.0 Å². The van der Waals surface area contributed by atoms with Crippen LogP contribution in [0.15, 0.2) is 46.6 Å². The largest absolute Gasteiger partial charge is 0.290 e. The summed E-state index contributed by atoms with van der Waals surface area (Å²) in [7, 11) is 0. The second-order valence-corrected chi connectivity index (χ2v) is 7.08. The number of rotatable bonds is 0. The summed E-state index contributed by atoms with van der Waals surface area (Å²) >= 11 is 0. The highest BCUT2D eigenvalue weighted by atomic mass is 16.1. The van der Waals surface area contributed by atoms with Crippen LogP contribution in [0.5, 0.6) is 0 Å². The number of hydrogen-bond donors (Lipinski definition) is 0. The Morgan fingerprint density at radius 2 is 2.10 bits per heavy atom. The maximum Gasteiger partial charge on any atom is 0.178 e. The minimum atomic E-state index is 0.0269. The third kappa shape index (κ3) is 1.52. The lowest BCUT2D eigenvalue weighted by Crippen LogP contribution is -2.32. The van der Waals surface area contributed by atoms with Crippen molar-refractivity contribution in [2.75, 3.05) is 0 Å². The molecule has 1 heteroatoms. The average molecular weight is 266 g/mol. The lowest BCUT2D eigenvalue weighted by molar-refractivity contribution is -0.110. The molecule has 0 aromatic carbocycles. The molecule has 0 N–H and O–H groups in total. The summed E-state index contributed by atoms with van der Waals surface area (Å²) in [6.45, 7) is 4.71. The summed E-state index contributed by atoms with van der Waals surface area (Å²) < 4.78 is 0. The number of fused-ring (bicyclic) bond motifs is 4. The van der Waals surface area contributed by atoms with Gasteiger partial charge >= 0.3 is 0 Å². The predicted molar refractivity (Wildman–Crippen MR) is 81.2 cm³/mol. The normalized spacial score (nSPS) is 39.0. The van der Waals surface area contributed by atoms with Crippen molar-refractivity contribution in [3.8, 4) is 0 Å². The molecular formula is C19H22O. The molecule has 0 amide bonds. The van der Waals surface area contributed by atoms with Crippen LogP contribution < -0.4 is 0 Å². The molecule has 0 aromatic heterocycles. The molecule has 0 aliphatic heterocycles. The minimum Gasteiger partial charge on any atom is -0.290 e. The molecule has 0 bridgehead atoms. The van der Waals surface area contributed by atoms with Gasteiger partial charge in [-0.25, -0.2) is 0 Å². The van der Waals surface area contributed by atoms with E-state index in [9.17, 15) is 4.79 Å². The summed E-state index contributed by atoms with van der Waals surface area (Å²) in [5.41, 5.74) is 6.27. The van der Waals surface area contributed by atoms with Gasteiger partial charge in [-0.05, 0) is 74.2 Å². The van der Waals surface area contributed by atoms with E-state index in [0.29, 0.717) is 0 Å². The molecule has 4 aliphatic carbocycles. The van der Waals surface area contributed by atoms with Gasteiger partial charge in [0.15, 0.2) is 5.78 Å². The summed E-state index contributed by atoms with van der Waals surface area (Å²) in [6, 6.07) is 0. The summed E-state index contributed by atoms with van der Waals surface area (Å²) in [5, 5.41) is 0. The lowest BCUT2D eigenvalue weighted by atomic mass is 9.60. The molecule has 3 unspecified atom stereocenters. The molecular weight excluding hydrogens is 244 g/mol. The topological polar surface area (TPSA) is 17.1 Å². The molecule has 0 saturated carbocycles. The van der Waals surface area contributed by atoms with Crippen LogP contribution >= 0.6 is 0 Å². The van der Waals surface area contributed by atoms with Gasteiger partial charge in [-0.15, -0.1) is 0 Å². The Balaban J connectivity index is 1.84. The molecule has 0 heterocycles. The van der Waals surface area contributed by atoms with Crippen molar-refractivity contribution in [1.29, 1.82) is 0 Å². The van der Waals surface area contributed by atoms with Gasteiger partial charge in [-0.3, -0.25) is 4.79 Å². The molecule has 0 fully saturated rings. The molecule has 0 radical (unpaired) electrons. The molecule has 4 rings (SSSR count). The van der Waals surface area contributed by atoms with E-state index in [1.807, 2.05) is 6.08 Å². The number of hydrogen-bond acceptors (Lipinski definition) is 1. The van der Waals surface area contributed by atoms with Crippen LogP contribution in [0.4, 0.5) is 0 Å². The zero-order valence-corrected chi connectivity index (χ0v) is 12.4. The monoisotopic (exact) mass is 266 g/mol. The van der Waals surface area contributed by atoms with Crippen LogP contribution in [-0.2, 0) is 4.79 Å². The third-order valence-electron chi connectivity index (χ3n) is 6.05. The van der Waals surface area contributed by atoms with Crippen LogP contribution in [-0.4, -0.2) is 5.78 Å². The van der Waals surface area contributed by atoms with Crippen LogP contribution in [0.3, 0.4) is 0 Å². The molecule has 104 valence electrons. The first-order valence-corrected chi connectivity index (χ1v) is 7.97. The molecule has 1 nitrogen and oxygen atoms in total. The van der Waals surface area contributed by atoms with Crippen LogP contribution in [0.2, 0.25) is 0 Å². The van der Waals surface area contributed by atoms with Crippen molar-refractivity contribution < 1.29 is 4.79 Å². The zero-order chi connectivity index (χ0) is 13.9. The fourth-order valence-electron chi connectivity index (χ4n) is 4.83. The predicted octanol–water partition coefficient (Wildman–Crippen LogP) is 4.52. The molecule has 4 aliphatic rings. The van der Waals surface area contributed by atoms with Crippen molar-refractivity contribution in [2.45, 2.75) is 46.0 Å². The molecule has 3 atom stereocenters.